The van der Waals surface area contributed by atoms with Gasteiger partial charge in [0.1, 0.15) is 0 Å². The molecule has 0 fully saturated rings. The first kappa shape index (κ1) is 16.6. The first-order valence-electron chi connectivity index (χ1n) is 9.20. The van der Waals surface area contributed by atoms with Crippen molar-refractivity contribution in [3.63, 3.8) is 0 Å². The smallest absolute Gasteiger partial charge is 0.326 e. The van der Waals surface area contributed by atoms with Crippen LogP contribution in [0.15, 0.2) is 47.3 Å². The summed E-state index contributed by atoms with van der Waals surface area (Å²) in [6.07, 6.45) is 4.77. The predicted octanol–water partition coefficient (Wildman–Crippen LogP) is 3.25. The highest BCUT2D eigenvalue weighted by atomic mass is 16.2. The lowest BCUT2D eigenvalue weighted by Gasteiger charge is -2.19. The molecule has 1 N–H and O–H groups in total. The molecule has 0 aliphatic heterocycles. The van der Waals surface area contributed by atoms with Crippen LogP contribution in [0.1, 0.15) is 30.4 Å². The van der Waals surface area contributed by atoms with Crippen LogP contribution in [0.2, 0.25) is 0 Å². The average Bonchev–Trinajstić information content (AvgIpc) is 2.91. The van der Waals surface area contributed by atoms with Gasteiger partial charge in [0, 0.05) is 25.7 Å². The van der Waals surface area contributed by atoms with Crippen LogP contribution >= 0.6 is 0 Å². The number of para-hydroxylation sites is 2. The molecule has 5 heteroatoms. The van der Waals surface area contributed by atoms with Crippen molar-refractivity contribution in [3.05, 3.63) is 64.1 Å². The summed E-state index contributed by atoms with van der Waals surface area (Å²) in [6.45, 7) is 0.376. The van der Waals surface area contributed by atoms with Gasteiger partial charge in [0.25, 0.3) is 0 Å². The molecule has 1 amide bonds. The van der Waals surface area contributed by atoms with Gasteiger partial charge in [0.2, 0.25) is 5.91 Å². The molecule has 0 saturated carbocycles. The van der Waals surface area contributed by atoms with Crippen molar-refractivity contribution in [2.24, 2.45) is 7.05 Å². The number of fused-ring (bicyclic) bond motifs is 2. The van der Waals surface area contributed by atoms with Gasteiger partial charge in [0.05, 0.1) is 11.0 Å². The van der Waals surface area contributed by atoms with Crippen molar-refractivity contribution in [2.45, 2.75) is 38.6 Å². The minimum Gasteiger partial charge on any atom is -0.326 e. The molecular formula is C21H23N3O2. The molecule has 2 aromatic carbocycles. The van der Waals surface area contributed by atoms with Gasteiger partial charge in [-0.1, -0.05) is 24.3 Å². The Hall–Kier alpha value is -2.82. The number of carbonyl (C=O) groups is 1. The van der Waals surface area contributed by atoms with Crippen LogP contribution < -0.4 is 11.0 Å². The topological polar surface area (TPSA) is 56.0 Å². The maximum atomic E-state index is 12.5. The Morgan fingerprint density at radius 1 is 1.04 bits per heavy atom. The number of carbonyl (C=O) groups excluding carboxylic acids is 1. The molecule has 5 nitrogen and oxygen atoms in total. The van der Waals surface area contributed by atoms with Crippen LogP contribution in [0, 0.1) is 0 Å². The second-order valence-electron chi connectivity index (χ2n) is 6.93. The zero-order valence-electron chi connectivity index (χ0n) is 15.0. The molecule has 0 bridgehead atoms. The third-order valence-electron chi connectivity index (χ3n) is 5.28. The highest BCUT2D eigenvalue weighted by molar-refractivity contribution is 5.91. The molecule has 3 aromatic rings. The summed E-state index contributed by atoms with van der Waals surface area (Å²) < 4.78 is 3.30. The number of anilines is 1. The molecule has 134 valence electrons. The molecule has 1 aliphatic carbocycles. The monoisotopic (exact) mass is 349 g/mol. The van der Waals surface area contributed by atoms with E-state index < -0.39 is 0 Å². The number of imidazole rings is 1. The van der Waals surface area contributed by atoms with Gasteiger partial charge in [-0.3, -0.25) is 13.9 Å². The van der Waals surface area contributed by atoms with Gasteiger partial charge in [-0.2, -0.15) is 0 Å². The molecular weight excluding hydrogens is 326 g/mol. The summed E-state index contributed by atoms with van der Waals surface area (Å²) in [7, 11) is 1.76. The molecule has 0 radical (unpaired) electrons. The fraction of sp³-hybridized carbons (Fsp3) is 0.333. The molecule has 0 saturated heterocycles. The van der Waals surface area contributed by atoms with Gasteiger partial charge in [-0.15, -0.1) is 0 Å². The van der Waals surface area contributed by atoms with Crippen molar-refractivity contribution < 1.29 is 4.79 Å². The average molecular weight is 349 g/mol. The molecule has 4 rings (SSSR count). The maximum Gasteiger partial charge on any atom is 0.328 e. The highest BCUT2D eigenvalue weighted by Crippen LogP contribution is 2.27. The zero-order valence-corrected chi connectivity index (χ0v) is 15.0. The number of amides is 1. The molecule has 0 spiro atoms. The number of nitrogens with one attached hydrogen (secondary N) is 1. The van der Waals surface area contributed by atoms with Gasteiger partial charge in [-0.05, 0) is 55.0 Å². The Morgan fingerprint density at radius 3 is 2.65 bits per heavy atom. The SMILES string of the molecule is Cn1c(=O)n(CCC(=O)Nc2cccc3c2CCCC3)c2ccccc21. The van der Waals surface area contributed by atoms with E-state index >= 15 is 0 Å². The number of rotatable bonds is 4. The highest BCUT2D eigenvalue weighted by Gasteiger charge is 2.15. The van der Waals surface area contributed by atoms with E-state index in [1.54, 1.807) is 16.2 Å². The van der Waals surface area contributed by atoms with E-state index in [4.69, 9.17) is 0 Å². The number of aryl methyl sites for hydroxylation is 3. The molecule has 1 aromatic heterocycles. The molecule has 1 aliphatic rings. The quantitative estimate of drug-likeness (QED) is 0.786. The zero-order chi connectivity index (χ0) is 18.1. The van der Waals surface area contributed by atoms with E-state index in [2.05, 4.69) is 11.4 Å². The summed E-state index contributed by atoms with van der Waals surface area (Å²) >= 11 is 0. The van der Waals surface area contributed by atoms with Crippen LogP contribution in [-0.4, -0.2) is 15.0 Å². The van der Waals surface area contributed by atoms with Crippen molar-refractivity contribution >= 4 is 22.6 Å². The van der Waals surface area contributed by atoms with Crippen molar-refractivity contribution in [1.29, 1.82) is 0 Å². The van der Waals surface area contributed by atoms with Crippen LogP contribution in [-0.2, 0) is 31.2 Å². The molecule has 1 heterocycles. The molecule has 0 unspecified atom stereocenters. The number of hydrogen-bond donors (Lipinski definition) is 1. The third-order valence-corrected chi connectivity index (χ3v) is 5.28. The van der Waals surface area contributed by atoms with E-state index in [9.17, 15) is 9.59 Å². The van der Waals surface area contributed by atoms with Crippen LogP contribution in [0.3, 0.4) is 0 Å². The number of aromatic nitrogens is 2. The van der Waals surface area contributed by atoms with E-state index in [1.165, 1.54) is 24.0 Å². The fourth-order valence-electron chi connectivity index (χ4n) is 3.90. The maximum absolute atomic E-state index is 12.5. The van der Waals surface area contributed by atoms with Crippen molar-refractivity contribution in [3.8, 4) is 0 Å². The lowest BCUT2D eigenvalue weighted by Crippen LogP contribution is -2.25. The Balaban J connectivity index is 1.51. The van der Waals surface area contributed by atoms with E-state index in [1.807, 2.05) is 36.4 Å². The lowest BCUT2D eigenvalue weighted by atomic mass is 9.90. The minimum atomic E-state index is -0.0870. The Kier molecular flexibility index (Phi) is 4.37. The van der Waals surface area contributed by atoms with E-state index in [0.29, 0.717) is 6.54 Å². The van der Waals surface area contributed by atoms with Gasteiger partial charge in [-0.25, -0.2) is 4.79 Å². The first-order valence-corrected chi connectivity index (χ1v) is 9.20. The first-order chi connectivity index (χ1) is 12.6. The molecule has 0 atom stereocenters. The normalized spacial score (nSPS) is 13.6. The van der Waals surface area contributed by atoms with E-state index in [-0.39, 0.29) is 18.0 Å². The summed E-state index contributed by atoms with van der Waals surface area (Å²) in [5, 5.41) is 3.05. The number of nitrogens with zero attached hydrogens (tertiary/aromatic N) is 2. The number of hydrogen-bond acceptors (Lipinski definition) is 2. The number of benzene rings is 2. The van der Waals surface area contributed by atoms with Crippen LogP contribution in [0.25, 0.3) is 11.0 Å². The molecule has 26 heavy (non-hydrogen) atoms. The summed E-state index contributed by atoms with van der Waals surface area (Å²) in [6, 6.07) is 13.8. The summed E-state index contributed by atoms with van der Waals surface area (Å²) in [4.78, 5) is 24.9. The standard InChI is InChI=1S/C21H23N3O2/c1-23-18-11-4-5-12-19(18)24(21(23)26)14-13-20(25)22-17-10-6-8-15-7-2-3-9-16(15)17/h4-6,8,10-12H,2-3,7,9,13-14H2,1H3,(H,22,25). The van der Waals surface area contributed by atoms with Gasteiger partial charge >= 0.3 is 5.69 Å². The Labute approximate surface area is 152 Å². The largest absolute Gasteiger partial charge is 0.328 e. The Bertz CT molecular complexity index is 1030. The summed E-state index contributed by atoms with van der Waals surface area (Å²) in [5.74, 6) is -0.0520. The van der Waals surface area contributed by atoms with Crippen LogP contribution in [0.5, 0.6) is 0 Å². The van der Waals surface area contributed by atoms with Crippen molar-refractivity contribution in [1.82, 2.24) is 9.13 Å². The lowest BCUT2D eigenvalue weighted by molar-refractivity contribution is -0.116. The minimum absolute atomic E-state index is 0.0520. The van der Waals surface area contributed by atoms with E-state index in [0.717, 1.165) is 29.6 Å². The van der Waals surface area contributed by atoms with Crippen molar-refractivity contribution in [2.75, 3.05) is 5.32 Å². The third kappa shape index (κ3) is 2.94. The predicted molar refractivity (Wildman–Crippen MR) is 104 cm³/mol. The van der Waals surface area contributed by atoms with Gasteiger partial charge in [0.15, 0.2) is 0 Å². The second kappa shape index (κ2) is 6.83. The second-order valence-corrected chi connectivity index (χ2v) is 6.93. The van der Waals surface area contributed by atoms with Crippen LogP contribution in [0.4, 0.5) is 5.69 Å². The Morgan fingerprint density at radius 2 is 1.81 bits per heavy atom. The summed E-state index contributed by atoms with van der Waals surface area (Å²) in [5.41, 5.74) is 5.21. The van der Waals surface area contributed by atoms with Gasteiger partial charge < -0.3 is 5.32 Å². The fourth-order valence-corrected chi connectivity index (χ4v) is 3.90.